The Hall–Kier alpha value is -0.800. The minimum absolute atomic E-state index is 0.0937. The highest BCUT2D eigenvalue weighted by Gasteiger charge is 2.16. The Morgan fingerprint density at radius 3 is 2.60 bits per heavy atom. The summed E-state index contributed by atoms with van der Waals surface area (Å²) in [5, 5.41) is 0. The van der Waals surface area contributed by atoms with Gasteiger partial charge in [-0.1, -0.05) is 6.92 Å². The molecule has 3 nitrogen and oxygen atoms in total. The van der Waals surface area contributed by atoms with E-state index in [2.05, 4.69) is 20.8 Å². The van der Waals surface area contributed by atoms with E-state index in [4.69, 9.17) is 14.9 Å². The zero-order chi connectivity index (χ0) is 11.5. The SMILES string of the molecule is CCC(C)(C)OCc1cc(CN)c(C)o1. The summed E-state index contributed by atoms with van der Waals surface area (Å²) in [5.41, 5.74) is 6.54. The molecule has 0 saturated carbocycles. The number of ether oxygens (including phenoxy) is 1. The van der Waals surface area contributed by atoms with Crippen LogP contribution in [0, 0.1) is 6.92 Å². The van der Waals surface area contributed by atoms with Crippen molar-refractivity contribution in [2.75, 3.05) is 0 Å². The van der Waals surface area contributed by atoms with Crippen molar-refractivity contribution in [3.8, 4) is 0 Å². The highest BCUT2D eigenvalue weighted by Crippen LogP contribution is 2.19. The van der Waals surface area contributed by atoms with Gasteiger partial charge in [0.1, 0.15) is 18.1 Å². The van der Waals surface area contributed by atoms with Crippen LogP contribution in [-0.4, -0.2) is 5.60 Å². The zero-order valence-electron chi connectivity index (χ0n) is 10.1. The highest BCUT2D eigenvalue weighted by molar-refractivity contribution is 5.19. The molecule has 0 unspecified atom stereocenters. The van der Waals surface area contributed by atoms with E-state index in [0.29, 0.717) is 13.2 Å². The minimum Gasteiger partial charge on any atom is -0.464 e. The molecule has 0 bridgehead atoms. The molecule has 0 atom stereocenters. The maximum Gasteiger partial charge on any atom is 0.130 e. The van der Waals surface area contributed by atoms with E-state index >= 15 is 0 Å². The molecule has 86 valence electrons. The van der Waals surface area contributed by atoms with E-state index in [0.717, 1.165) is 23.5 Å². The summed E-state index contributed by atoms with van der Waals surface area (Å²) in [5.74, 6) is 1.75. The average Bonchev–Trinajstić information content (AvgIpc) is 2.56. The lowest BCUT2D eigenvalue weighted by Gasteiger charge is -2.22. The monoisotopic (exact) mass is 211 g/mol. The van der Waals surface area contributed by atoms with Crippen LogP contribution in [0.5, 0.6) is 0 Å². The van der Waals surface area contributed by atoms with Gasteiger partial charge in [0.15, 0.2) is 0 Å². The molecule has 15 heavy (non-hydrogen) atoms. The molecule has 1 aromatic heterocycles. The standard InChI is InChI=1S/C12H21NO2/c1-5-12(3,4)14-8-11-6-10(7-13)9(2)15-11/h6H,5,7-8,13H2,1-4H3. The van der Waals surface area contributed by atoms with Gasteiger partial charge >= 0.3 is 0 Å². The summed E-state index contributed by atoms with van der Waals surface area (Å²) in [4.78, 5) is 0. The molecule has 1 heterocycles. The first-order valence-electron chi connectivity index (χ1n) is 5.40. The molecule has 0 aliphatic rings. The first-order valence-corrected chi connectivity index (χ1v) is 5.40. The summed E-state index contributed by atoms with van der Waals surface area (Å²) in [7, 11) is 0. The van der Waals surface area contributed by atoms with E-state index < -0.39 is 0 Å². The topological polar surface area (TPSA) is 48.4 Å². The van der Waals surface area contributed by atoms with Crippen molar-refractivity contribution in [1.29, 1.82) is 0 Å². The largest absolute Gasteiger partial charge is 0.464 e. The van der Waals surface area contributed by atoms with Crippen LogP contribution in [0.1, 0.15) is 44.3 Å². The van der Waals surface area contributed by atoms with Crippen LogP contribution in [0.4, 0.5) is 0 Å². The fourth-order valence-electron chi connectivity index (χ4n) is 1.23. The van der Waals surface area contributed by atoms with Gasteiger partial charge in [0, 0.05) is 12.1 Å². The molecule has 1 aromatic rings. The lowest BCUT2D eigenvalue weighted by molar-refractivity contribution is -0.0385. The summed E-state index contributed by atoms with van der Waals surface area (Å²) < 4.78 is 11.3. The number of aryl methyl sites for hydroxylation is 1. The molecule has 0 aliphatic carbocycles. The van der Waals surface area contributed by atoms with Crippen LogP contribution in [0.2, 0.25) is 0 Å². The molecular weight excluding hydrogens is 190 g/mol. The quantitative estimate of drug-likeness (QED) is 0.814. The summed E-state index contributed by atoms with van der Waals surface area (Å²) in [6, 6.07) is 1.97. The molecule has 0 fully saturated rings. The molecule has 1 rings (SSSR count). The van der Waals surface area contributed by atoms with Gasteiger partial charge in [-0.2, -0.15) is 0 Å². The van der Waals surface area contributed by atoms with Crippen molar-refractivity contribution in [2.24, 2.45) is 5.73 Å². The number of hydrogen-bond acceptors (Lipinski definition) is 3. The van der Waals surface area contributed by atoms with Gasteiger partial charge in [0.05, 0.1) is 5.60 Å². The fraction of sp³-hybridized carbons (Fsp3) is 0.667. The van der Waals surface area contributed by atoms with Crippen LogP contribution >= 0.6 is 0 Å². The van der Waals surface area contributed by atoms with Crippen LogP contribution in [-0.2, 0) is 17.9 Å². The fourth-order valence-corrected chi connectivity index (χ4v) is 1.23. The van der Waals surface area contributed by atoms with Crippen molar-refractivity contribution in [1.82, 2.24) is 0 Å². The maximum atomic E-state index is 5.74. The Kier molecular flexibility index (Phi) is 3.94. The molecule has 0 aliphatic heterocycles. The molecule has 2 N–H and O–H groups in total. The van der Waals surface area contributed by atoms with E-state index in [1.165, 1.54) is 0 Å². The first kappa shape index (κ1) is 12.3. The second-order valence-corrected chi connectivity index (χ2v) is 4.40. The normalized spacial score (nSPS) is 12.1. The second-order valence-electron chi connectivity index (χ2n) is 4.40. The van der Waals surface area contributed by atoms with Crippen LogP contribution < -0.4 is 5.73 Å². The van der Waals surface area contributed by atoms with Gasteiger partial charge in [-0.25, -0.2) is 0 Å². The van der Waals surface area contributed by atoms with Gasteiger partial charge in [-0.15, -0.1) is 0 Å². The van der Waals surface area contributed by atoms with Crippen LogP contribution in [0.15, 0.2) is 10.5 Å². The molecule has 0 aromatic carbocycles. The second kappa shape index (κ2) is 4.81. The summed E-state index contributed by atoms with van der Waals surface area (Å²) >= 11 is 0. The lowest BCUT2D eigenvalue weighted by atomic mass is 10.1. The van der Waals surface area contributed by atoms with E-state index in [9.17, 15) is 0 Å². The third kappa shape index (κ3) is 3.36. The van der Waals surface area contributed by atoms with Crippen molar-refractivity contribution in [3.05, 3.63) is 23.2 Å². The predicted molar refractivity (Wildman–Crippen MR) is 60.5 cm³/mol. The Bertz CT molecular complexity index is 315. The third-order valence-electron chi connectivity index (χ3n) is 2.75. The lowest BCUT2D eigenvalue weighted by Crippen LogP contribution is -2.22. The smallest absolute Gasteiger partial charge is 0.130 e. The van der Waals surface area contributed by atoms with E-state index in [1.54, 1.807) is 0 Å². The minimum atomic E-state index is -0.0937. The Morgan fingerprint density at radius 1 is 1.47 bits per heavy atom. The van der Waals surface area contributed by atoms with Crippen LogP contribution in [0.3, 0.4) is 0 Å². The Balaban J connectivity index is 2.58. The molecule has 3 heteroatoms. The van der Waals surface area contributed by atoms with E-state index in [-0.39, 0.29) is 5.60 Å². The van der Waals surface area contributed by atoms with Crippen molar-refractivity contribution in [3.63, 3.8) is 0 Å². The predicted octanol–water partition coefficient (Wildman–Crippen LogP) is 2.75. The third-order valence-corrected chi connectivity index (χ3v) is 2.75. The zero-order valence-corrected chi connectivity index (χ0v) is 10.1. The number of hydrogen-bond donors (Lipinski definition) is 1. The van der Waals surface area contributed by atoms with Gasteiger partial charge in [0.2, 0.25) is 0 Å². The van der Waals surface area contributed by atoms with Gasteiger partial charge in [-0.3, -0.25) is 0 Å². The highest BCUT2D eigenvalue weighted by atomic mass is 16.5. The maximum absolute atomic E-state index is 5.74. The first-order chi connectivity index (χ1) is 6.98. The molecule has 0 spiro atoms. The Labute approximate surface area is 91.6 Å². The Morgan fingerprint density at radius 2 is 2.13 bits per heavy atom. The van der Waals surface area contributed by atoms with Crippen molar-refractivity contribution in [2.45, 2.75) is 52.9 Å². The summed E-state index contributed by atoms with van der Waals surface area (Å²) in [6.07, 6.45) is 0.983. The number of rotatable bonds is 5. The number of furan rings is 1. The number of nitrogens with two attached hydrogens (primary N) is 1. The van der Waals surface area contributed by atoms with Gasteiger partial charge in [-0.05, 0) is 33.3 Å². The molecular formula is C12H21NO2. The molecule has 0 amide bonds. The molecule has 0 radical (unpaired) electrons. The van der Waals surface area contributed by atoms with Gasteiger partial charge < -0.3 is 14.9 Å². The summed E-state index contributed by atoms with van der Waals surface area (Å²) in [6.45, 7) is 9.23. The van der Waals surface area contributed by atoms with Crippen molar-refractivity contribution >= 4 is 0 Å². The van der Waals surface area contributed by atoms with E-state index in [1.807, 2.05) is 13.0 Å². The van der Waals surface area contributed by atoms with Crippen molar-refractivity contribution < 1.29 is 9.15 Å². The molecule has 0 saturated heterocycles. The average molecular weight is 211 g/mol. The van der Waals surface area contributed by atoms with Gasteiger partial charge in [0.25, 0.3) is 0 Å². The van der Waals surface area contributed by atoms with Crippen LogP contribution in [0.25, 0.3) is 0 Å².